The van der Waals surface area contributed by atoms with Crippen LogP contribution in [-0.2, 0) is 9.31 Å². The van der Waals surface area contributed by atoms with Gasteiger partial charge in [0.15, 0.2) is 0 Å². The first-order valence-electron chi connectivity index (χ1n) is 7.04. The minimum atomic E-state index is -0.329. The van der Waals surface area contributed by atoms with Crippen LogP contribution in [0.25, 0.3) is 11.8 Å². The zero-order valence-electron chi connectivity index (χ0n) is 13.4. The van der Waals surface area contributed by atoms with E-state index in [9.17, 15) is 0 Å². The molecule has 108 valence electrons. The summed E-state index contributed by atoms with van der Waals surface area (Å²) in [7, 11) is -0.329. The Bertz CT molecular complexity index is 539. The molecule has 1 aromatic heterocycles. The van der Waals surface area contributed by atoms with Gasteiger partial charge in [-0.1, -0.05) is 12.7 Å². The monoisotopic (exact) mass is 273 g/mol. The number of rotatable bonds is 3. The predicted molar refractivity (Wildman–Crippen MR) is 85.9 cm³/mol. The van der Waals surface area contributed by atoms with Crippen LogP contribution in [0.2, 0.25) is 0 Å². The summed E-state index contributed by atoms with van der Waals surface area (Å²) >= 11 is 0. The largest absolute Gasteiger partial charge is 0.496 e. The fraction of sp³-hybridized carbons (Fsp3) is 0.500. The Morgan fingerprint density at radius 2 is 1.80 bits per heavy atom. The molecule has 3 nitrogen and oxygen atoms in total. The van der Waals surface area contributed by atoms with Crippen molar-refractivity contribution in [2.45, 2.75) is 52.7 Å². The molecule has 20 heavy (non-hydrogen) atoms. The molecule has 0 bridgehead atoms. The van der Waals surface area contributed by atoms with Crippen molar-refractivity contribution in [2.24, 2.45) is 0 Å². The van der Waals surface area contributed by atoms with Crippen molar-refractivity contribution in [1.29, 1.82) is 0 Å². The van der Waals surface area contributed by atoms with Gasteiger partial charge in [-0.15, -0.1) is 0 Å². The second-order valence-electron chi connectivity index (χ2n) is 6.39. The van der Waals surface area contributed by atoms with Crippen molar-refractivity contribution in [1.82, 2.24) is 4.57 Å². The van der Waals surface area contributed by atoms with Crippen molar-refractivity contribution in [3.05, 3.63) is 30.6 Å². The lowest BCUT2D eigenvalue weighted by Crippen LogP contribution is -2.41. The van der Waals surface area contributed by atoms with Gasteiger partial charge < -0.3 is 13.9 Å². The molecule has 0 atom stereocenters. The van der Waals surface area contributed by atoms with E-state index in [0.717, 1.165) is 16.9 Å². The molecule has 0 aromatic carbocycles. The Balaban J connectivity index is 2.36. The lowest BCUT2D eigenvalue weighted by atomic mass is 9.81. The third-order valence-electron chi connectivity index (χ3n) is 4.14. The fourth-order valence-corrected chi connectivity index (χ4v) is 2.24. The number of hydrogen-bond donors (Lipinski definition) is 0. The van der Waals surface area contributed by atoms with Gasteiger partial charge in [0, 0.05) is 23.1 Å². The lowest BCUT2D eigenvalue weighted by Gasteiger charge is -2.32. The summed E-state index contributed by atoms with van der Waals surface area (Å²) in [6.07, 6.45) is 6.12. The van der Waals surface area contributed by atoms with Gasteiger partial charge in [0.2, 0.25) is 0 Å². The molecule has 2 rings (SSSR count). The van der Waals surface area contributed by atoms with Crippen LogP contribution < -0.4 is 5.46 Å². The summed E-state index contributed by atoms with van der Waals surface area (Å²) in [5, 5.41) is 0. The van der Waals surface area contributed by atoms with Gasteiger partial charge in [-0.3, -0.25) is 0 Å². The molecule has 4 heteroatoms. The van der Waals surface area contributed by atoms with Gasteiger partial charge >= 0.3 is 7.12 Å². The lowest BCUT2D eigenvalue weighted by molar-refractivity contribution is 0.00578. The molecule has 0 amide bonds. The molecule has 1 saturated heterocycles. The third kappa shape index (κ3) is 2.50. The SMILES string of the molecule is C=C(C)n1cc(B2OC(C)(C)C(C)(C)O2)cc1/C=C\C. The number of hydrogen-bond acceptors (Lipinski definition) is 2. The van der Waals surface area contributed by atoms with E-state index in [1.54, 1.807) is 0 Å². The highest BCUT2D eigenvalue weighted by Gasteiger charge is 2.52. The zero-order valence-corrected chi connectivity index (χ0v) is 13.4. The average molecular weight is 273 g/mol. The van der Waals surface area contributed by atoms with Crippen LogP contribution in [0, 0.1) is 0 Å². The molecule has 1 aliphatic rings. The van der Waals surface area contributed by atoms with Crippen LogP contribution in [0.4, 0.5) is 0 Å². The van der Waals surface area contributed by atoms with E-state index < -0.39 is 0 Å². The van der Waals surface area contributed by atoms with Crippen LogP contribution in [0.1, 0.15) is 47.2 Å². The molecule has 1 aliphatic heterocycles. The second-order valence-corrected chi connectivity index (χ2v) is 6.39. The van der Waals surface area contributed by atoms with Gasteiger partial charge in [-0.2, -0.15) is 0 Å². The summed E-state index contributed by atoms with van der Waals surface area (Å²) in [6.45, 7) is 16.3. The maximum Gasteiger partial charge on any atom is 0.496 e. The standard InChI is InChI=1S/C16H24BNO2/c1-8-9-14-10-13(11-18(14)12(2)3)17-19-15(4,5)16(6,7)20-17/h8-11H,2H2,1,3-7H3/b9-8-. The van der Waals surface area contributed by atoms with Gasteiger partial charge in [-0.05, 0) is 53.7 Å². The van der Waals surface area contributed by atoms with Crippen molar-refractivity contribution >= 4 is 24.4 Å². The van der Waals surface area contributed by atoms with Crippen LogP contribution in [-0.4, -0.2) is 22.9 Å². The number of nitrogens with zero attached hydrogens (tertiary/aromatic N) is 1. The Kier molecular flexibility index (Phi) is 3.74. The Morgan fingerprint density at radius 3 is 2.25 bits per heavy atom. The number of aromatic nitrogens is 1. The van der Waals surface area contributed by atoms with E-state index in [-0.39, 0.29) is 18.3 Å². The van der Waals surface area contributed by atoms with Crippen LogP contribution in [0.3, 0.4) is 0 Å². The van der Waals surface area contributed by atoms with E-state index >= 15 is 0 Å². The highest BCUT2D eigenvalue weighted by molar-refractivity contribution is 6.62. The second kappa shape index (κ2) is 4.94. The molecule has 0 radical (unpaired) electrons. The molecule has 0 aliphatic carbocycles. The highest BCUT2D eigenvalue weighted by Crippen LogP contribution is 2.36. The molecular formula is C16H24BNO2. The maximum atomic E-state index is 6.09. The topological polar surface area (TPSA) is 23.4 Å². The minimum Gasteiger partial charge on any atom is -0.399 e. The van der Waals surface area contributed by atoms with Gasteiger partial charge in [0.25, 0.3) is 0 Å². The third-order valence-corrected chi connectivity index (χ3v) is 4.14. The van der Waals surface area contributed by atoms with E-state index in [2.05, 4.69) is 51.0 Å². The Hall–Kier alpha value is -1.26. The van der Waals surface area contributed by atoms with Crippen molar-refractivity contribution in [3.8, 4) is 0 Å². The minimum absolute atomic E-state index is 0.316. The average Bonchev–Trinajstić information content (AvgIpc) is 2.80. The molecule has 2 heterocycles. The smallest absolute Gasteiger partial charge is 0.399 e. The van der Waals surface area contributed by atoms with Gasteiger partial charge in [-0.25, -0.2) is 0 Å². The van der Waals surface area contributed by atoms with Gasteiger partial charge in [0.05, 0.1) is 11.2 Å². The highest BCUT2D eigenvalue weighted by atomic mass is 16.7. The first-order chi connectivity index (χ1) is 9.18. The van der Waals surface area contributed by atoms with E-state index in [0.29, 0.717) is 0 Å². The molecule has 0 unspecified atom stereocenters. The van der Waals surface area contributed by atoms with Crippen molar-refractivity contribution in [2.75, 3.05) is 0 Å². The van der Waals surface area contributed by atoms with Crippen LogP contribution in [0.15, 0.2) is 24.9 Å². The predicted octanol–water partition coefficient (Wildman–Crippen LogP) is 3.31. The zero-order chi connectivity index (χ0) is 15.1. The Morgan fingerprint density at radius 1 is 1.25 bits per heavy atom. The summed E-state index contributed by atoms with van der Waals surface area (Å²) in [5.41, 5.74) is 2.46. The summed E-state index contributed by atoms with van der Waals surface area (Å²) in [6, 6.07) is 2.09. The summed E-state index contributed by atoms with van der Waals surface area (Å²) in [5.74, 6) is 0. The van der Waals surface area contributed by atoms with Crippen molar-refractivity contribution < 1.29 is 9.31 Å². The molecule has 0 N–H and O–H groups in total. The van der Waals surface area contributed by atoms with Crippen molar-refractivity contribution in [3.63, 3.8) is 0 Å². The van der Waals surface area contributed by atoms with E-state index in [1.165, 1.54) is 0 Å². The number of allylic oxidation sites excluding steroid dienone is 2. The summed E-state index contributed by atoms with van der Waals surface area (Å²) in [4.78, 5) is 0. The first-order valence-corrected chi connectivity index (χ1v) is 7.04. The Labute approximate surface area is 122 Å². The molecule has 0 saturated carbocycles. The first kappa shape index (κ1) is 15.1. The van der Waals surface area contributed by atoms with Gasteiger partial charge in [0.1, 0.15) is 0 Å². The van der Waals surface area contributed by atoms with E-state index in [1.807, 2.05) is 26.1 Å². The van der Waals surface area contributed by atoms with Crippen LogP contribution in [0.5, 0.6) is 0 Å². The molecule has 0 spiro atoms. The van der Waals surface area contributed by atoms with Crippen LogP contribution >= 0.6 is 0 Å². The summed E-state index contributed by atoms with van der Waals surface area (Å²) < 4.78 is 14.2. The molecule has 1 fully saturated rings. The molecule has 1 aromatic rings. The maximum absolute atomic E-state index is 6.09. The molecular weight excluding hydrogens is 249 g/mol. The normalized spacial score (nSPS) is 20.8. The quantitative estimate of drug-likeness (QED) is 0.789. The fourth-order valence-electron chi connectivity index (χ4n) is 2.24. The van der Waals surface area contributed by atoms with E-state index in [4.69, 9.17) is 9.31 Å².